The maximum atomic E-state index is 6.08. The van der Waals surface area contributed by atoms with E-state index >= 15 is 0 Å². The molecule has 0 bridgehead atoms. The van der Waals surface area contributed by atoms with Crippen molar-refractivity contribution in [3.05, 3.63) is 0 Å². The van der Waals surface area contributed by atoms with E-state index in [0.717, 1.165) is 0 Å². The van der Waals surface area contributed by atoms with E-state index in [4.69, 9.17) is 18.6 Å². The minimum atomic E-state index is -1.61. The third-order valence-corrected chi connectivity index (χ3v) is 9.68. The van der Waals surface area contributed by atoms with Crippen molar-refractivity contribution in [2.75, 3.05) is 0 Å². The van der Waals surface area contributed by atoms with Gasteiger partial charge >= 0.3 is 139 Å². The summed E-state index contributed by atoms with van der Waals surface area (Å²) in [7, 11) is 0. The van der Waals surface area contributed by atoms with Crippen LogP contribution in [0.1, 0.15) is 55.4 Å². The van der Waals surface area contributed by atoms with Gasteiger partial charge in [0.1, 0.15) is 0 Å². The fourth-order valence-electron chi connectivity index (χ4n) is 2.06. The molecule has 0 spiro atoms. The van der Waals surface area contributed by atoms with Crippen molar-refractivity contribution in [2.24, 2.45) is 0 Å². The molecule has 0 radical (unpaired) electrons. The normalized spacial score (nSPS) is 30.5. The van der Waals surface area contributed by atoms with Crippen molar-refractivity contribution in [1.29, 1.82) is 0 Å². The molecule has 7 heteroatoms. The summed E-state index contributed by atoms with van der Waals surface area (Å²) in [4.78, 5) is 0. The fraction of sp³-hybridized carbons (Fsp3) is 1.00. The Balaban J connectivity index is 1.99. The Morgan fingerprint density at radius 3 is 0.947 bits per heavy atom. The Hall–Kier alpha value is 1.41. The second kappa shape index (κ2) is 4.96. The van der Waals surface area contributed by atoms with E-state index in [1.54, 1.807) is 0 Å². The molecule has 2 heterocycles. The van der Waals surface area contributed by atoms with Gasteiger partial charge in [0, 0.05) is 0 Å². The Morgan fingerprint density at radius 2 is 0.737 bits per heavy atom. The quantitative estimate of drug-likeness (QED) is 0.568. The van der Waals surface area contributed by atoms with E-state index in [0.29, 0.717) is 0 Å². The number of rotatable bonds is 2. The minimum absolute atomic E-state index is 0.0587. The zero-order valence-electron chi connectivity index (χ0n) is 13.4. The first kappa shape index (κ1) is 16.8. The van der Waals surface area contributed by atoms with E-state index in [1.165, 1.54) is 0 Å². The molecule has 2 fully saturated rings. The van der Waals surface area contributed by atoms with Gasteiger partial charge in [0.05, 0.1) is 0 Å². The molecule has 0 aliphatic carbocycles. The molecule has 0 aromatic carbocycles. The van der Waals surface area contributed by atoms with Gasteiger partial charge < -0.3 is 0 Å². The molecule has 2 saturated heterocycles. The van der Waals surface area contributed by atoms with Crippen molar-refractivity contribution < 1.29 is 57.7 Å². The van der Waals surface area contributed by atoms with E-state index in [-0.39, 0.29) is 26.3 Å². The third-order valence-electron chi connectivity index (χ3n) is 4.86. The van der Waals surface area contributed by atoms with Crippen molar-refractivity contribution in [3.63, 3.8) is 0 Å². The zero-order chi connectivity index (χ0) is 14.7. The maximum absolute atomic E-state index is 6.08. The number of hydrogen-bond donors (Lipinski definition) is 0. The zero-order valence-corrected chi connectivity index (χ0v) is 18.1. The van der Waals surface area contributed by atoms with Crippen LogP contribution in [-0.2, 0) is 18.6 Å². The van der Waals surface area contributed by atoms with Gasteiger partial charge in [0.25, 0.3) is 0 Å². The van der Waals surface area contributed by atoms with Gasteiger partial charge in [-0.05, 0) is 0 Å². The van der Waals surface area contributed by atoms with Crippen LogP contribution < -0.4 is 0 Å². The van der Waals surface area contributed by atoms with Crippen LogP contribution in [0.4, 0.5) is 0 Å². The molecule has 2 aliphatic rings. The van der Waals surface area contributed by atoms with E-state index in [2.05, 4.69) is 55.4 Å². The van der Waals surface area contributed by atoms with Gasteiger partial charge in [-0.25, -0.2) is 0 Å². The van der Waals surface area contributed by atoms with Crippen LogP contribution in [0.15, 0.2) is 0 Å². The standard InChI is InChI=1S/2C6H12BO2.Ac/c2*1-5(2)6(3,4)9-7-8-5;/h2*1-4H3;/q2*+1;-2. The summed E-state index contributed by atoms with van der Waals surface area (Å²) in [5.41, 5.74) is -0.998. The molecule has 0 aromatic heterocycles. The van der Waals surface area contributed by atoms with Gasteiger partial charge in [-0.2, -0.15) is 0 Å². The summed E-state index contributed by atoms with van der Waals surface area (Å²) in [6.07, 6.45) is 0. The third kappa shape index (κ3) is 3.12. The fourth-order valence-corrected chi connectivity index (χ4v) is 10.0. The van der Waals surface area contributed by atoms with Gasteiger partial charge in [-0.1, -0.05) is 0 Å². The Kier molecular flexibility index (Phi) is 4.38. The van der Waals surface area contributed by atoms with Crippen molar-refractivity contribution >= 4 is 3.90 Å². The number of hydrogen-bond acceptors (Lipinski definition) is 4. The summed E-state index contributed by atoms with van der Waals surface area (Å²) in [6, 6.07) is 0. The average Bonchev–Trinajstić information content (AvgIpc) is 2.42. The van der Waals surface area contributed by atoms with Gasteiger partial charge in [0.2, 0.25) is 0 Å². The molecule has 0 N–H and O–H groups in total. The Labute approximate surface area is 138 Å². The van der Waals surface area contributed by atoms with Crippen molar-refractivity contribution in [1.82, 2.24) is 0 Å². The second-order valence-corrected chi connectivity index (χ2v) is 13.5. The molecule has 4 nitrogen and oxygen atoms in total. The summed E-state index contributed by atoms with van der Waals surface area (Å²) in [5.74, 6) is 0. The molecule has 0 saturated carbocycles. The molecule has 105 valence electrons. The molecular weight excluding hydrogens is 457 g/mol. The molecule has 0 amide bonds. The van der Waals surface area contributed by atoms with Crippen molar-refractivity contribution in [2.45, 2.75) is 77.8 Å². The van der Waals surface area contributed by atoms with Crippen LogP contribution in [0, 0.1) is 39.1 Å². The van der Waals surface area contributed by atoms with Crippen molar-refractivity contribution in [3.8, 4) is 0 Å². The van der Waals surface area contributed by atoms with Crippen LogP contribution >= 0.6 is 0 Å². The molecule has 2 aliphatic heterocycles. The van der Waals surface area contributed by atoms with Crippen LogP contribution in [0.3, 0.4) is 0 Å². The molecule has 19 heavy (non-hydrogen) atoms. The van der Waals surface area contributed by atoms with Gasteiger partial charge in [-0.3, -0.25) is 0 Å². The molecule has 0 atom stereocenters. The summed E-state index contributed by atoms with van der Waals surface area (Å²) < 4.78 is 24.2. The summed E-state index contributed by atoms with van der Waals surface area (Å²) in [6.45, 7) is 16.7. The molecular formula is C12H24AcB2O4. The molecule has 0 unspecified atom stereocenters. The first-order chi connectivity index (χ1) is 8.36. The molecule has 2 rings (SSSR count). The van der Waals surface area contributed by atoms with Crippen LogP contribution in [-0.4, -0.2) is 26.3 Å². The van der Waals surface area contributed by atoms with E-state index in [1.807, 2.05) is 0 Å². The van der Waals surface area contributed by atoms with Crippen LogP contribution in [0.25, 0.3) is 0 Å². The second-order valence-electron chi connectivity index (χ2n) is 7.44. The monoisotopic (exact) mass is 481 g/mol. The Bertz CT molecular complexity index is 305. The first-order valence-electron chi connectivity index (χ1n) is 6.93. The average molecular weight is 481 g/mol. The van der Waals surface area contributed by atoms with Gasteiger partial charge in [0.15, 0.2) is 0 Å². The SMILES string of the molecule is CC1(C)O[B]([Ac][B]2OC(C)(C)C(C)(C)O2)OC1(C)C. The predicted molar refractivity (Wildman–Crippen MR) is 72.2 cm³/mol. The predicted octanol–water partition coefficient (Wildman–Crippen LogP) is 2.25. The Morgan fingerprint density at radius 1 is 0.526 bits per heavy atom. The van der Waals surface area contributed by atoms with Crippen LogP contribution in [0.2, 0.25) is 0 Å². The summed E-state index contributed by atoms with van der Waals surface area (Å²) in [5, 5.41) is 0. The van der Waals surface area contributed by atoms with Crippen LogP contribution in [0.5, 0.6) is 0 Å². The first-order valence-corrected chi connectivity index (χ1v) is 12.4. The van der Waals surface area contributed by atoms with E-state index in [9.17, 15) is 0 Å². The topological polar surface area (TPSA) is 36.9 Å². The molecule has 0 aromatic rings. The van der Waals surface area contributed by atoms with E-state index < -0.39 is 39.1 Å². The van der Waals surface area contributed by atoms with Gasteiger partial charge in [-0.15, -0.1) is 0 Å². The summed E-state index contributed by atoms with van der Waals surface area (Å²) >= 11 is -1.61.